The van der Waals surface area contributed by atoms with Gasteiger partial charge < -0.3 is 10.1 Å². The van der Waals surface area contributed by atoms with Crippen molar-refractivity contribution < 1.29 is 14.3 Å². The highest BCUT2D eigenvalue weighted by atomic mass is 16.5. The predicted octanol–water partition coefficient (Wildman–Crippen LogP) is 0.913. The molecule has 0 bridgehead atoms. The highest BCUT2D eigenvalue weighted by molar-refractivity contribution is 6.04. The third-order valence-electron chi connectivity index (χ3n) is 2.11. The summed E-state index contributed by atoms with van der Waals surface area (Å²) in [7, 11) is 0. The summed E-state index contributed by atoms with van der Waals surface area (Å²) in [6, 6.07) is 9.00. The van der Waals surface area contributed by atoms with Crippen LogP contribution in [0.25, 0.3) is 0 Å². The van der Waals surface area contributed by atoms with Crippen molar-refractivity contribution >= 4 is 18.0 Å². The number of hydrogen-bond donors (Lipinski definition) is 1. The van der Waals surface area contributed by atoms with Crippen molar-refractivity contribution in [3.05, 3.63) is 42.3 Å². The summed E-state index contributed by atoms with van der Waals surface area (Å²) < 4.78 is 4.89. The molecule has 0 aliphatic carbocycles. The zero-order valence-corrected chi connectivity index (χ0v) is 8.42. The number of benzene rings is 1. The fourth-order valence-electron chi connectivity index (χ4n) is 1.32. The first-order valence-electron chi connectivity index (χ1n) is 4.71. The van der Waals surface area contributed by atoms with Crippen LogP contribution in [0.5, 0.6) is 0 Å². The van der Waals surface area contributed by atoms with Crippen molar-refractivity contribution in [2.24, 2.45) is 0 Å². The molecular weight excluding hydrogens is 208 g/mol. The molecule has 0 saturated heterocycles. The zero-order chi connectivity index (χ0) is 11.4. The average molecular weight is 218 g/mol. The first-order chi connectivity index (χ1) is 7.81. The molecule has 1 heterocycles. The molecule has 1 aliphatic heterocycles. The van der Waals surface area contributed by atoms with Crippen molar-refractivity contribution in [1.29, 1.82) is 0 Å². The topological polar surface area (TPSA) is 58.6 Å². The van der Waals surface area contributed by atoms with E-state index in [1.807, 2.05) is 18.2 Å². The number of ether oxygens (including phenoxy) is 1. The number of rotatable bonds is 3. The van der Waals surface area contributed by atoms with Crippen molar-refractivity contribution in [1.82, 2.24) is 4.90 Å². The Labute approximate surface area is 92.3 Å². The van der Waals surface area contributed by atoms with Crippen LogP contribution in [0.2, 0.25) is 0 Å². The first-order valence-corrected chi connectivity index (χ1v) is 4.71. The summed E-state index contributed by atoms with van der Waals surface area (Å²) in [5.74, 6) is -0.365. The van der Waals surface area contributed by atoms with E-state index in [4.69, 9.17) is 4.74 Å². The van der Waals surface area contributed by atoms with Gasteiger partial charge in [-0.05, 0) is 12.1 Å². The molecule has 2 rings (SSSR count). The smallest absolute Gasteiger partial charge is 0.275 e. The number of anilines is 1. The van der Waals surface area contributed by atoms with E-state index in [-0.39, 0.29) is 18.3 Å². The fraction of sp³-hybridized carbons (Fsp3) is 0.0909. The molecule has 1 N–H and O–H groups in total. The van der Waals surface area contributed by atoms with Gasteiger partial charge in [-0.25, -0.2) is 0 Å². The van der Waals surface area contributed by atoms with Crippen LogP contribution in [0.15, 0.2) is 42.3 Å². The van der Waals surface area contributed by atoms with E-state index >= 15 is 0 Å². The van der Waals surface area contributed by atoms with Gasteiger partial charge in [-0.2, -0.15) is 0 Å². The van der Waals surface area contributed by atoms with E-state index in [0.717, 1.165) is 0 Å². The minimum Gasteiger partial charge on any atom is -0.478 e. The van der Waals surface area contributed by atoms with Gasteiger partial charge >= 0.3 is 0 Å². The van der Waals surface area contributed by atoms with E-state index in [1.165, 1.54) is 11.2 Å². The van der Waals surface area contributed by atoms with E-state index in [0.29, 0.717) is 12.1 Å². The third-order valence-corrected chi connectivity index (χ3v) is 2.11. The summed E-state index contributed by atoms with van der Waals surface area (Å²) in [4.78, 5) is 23.5. The number of hydrogen-bond acceptors (Lipinski definition) is 3. The molecule has 0 fully saturated rings. The molecule has 1 aromatic carbocycles. The van der Waals surface area contributed by atoms with Crippen LogP contribution in [0.1, 0.15) is 0 Å². The lowest BCUT2D eigenvalue weighted by atomic mass is 10.3. The van der Waals surface area contributed by atoms with E-state index in [1.54, 1.807) is 12.1 Å². The Morgan fingerprint density at radius 2 is 2.12 bits per heavy atom. The Morgan fingerprint density at radius 1 is 1.38 bits per heavy atom. The number of carbonyl (C=O) groups excluding carboxylic acids is 2. The Bertz CT molecular complexity index is 428. The van der Waals surface area contributed by atoms with Gasteiger partial charge in [0, 0.05) is 5.69 Å². The van der Waals surface area contributed by atoms with Crippen LogP contribution in [0.4, 0.5) is 5.69 Å². The SMILES string of the molecule is O=CN1COC=C1C(=O)Nc1ccccc1. The maximum atomic E-state index is 11.7. The molecule has 16 heavy (non-hydrogen) atoms. The van der Waals surface area contributed by atoms with E-state index < -0.39 is 0 Å². The first kappa shape index (κ1) is 10.2. The Balaban J connectivity index is 2.06. The van der Waals surface area contributed by atoms with Crippen LogP contribution in [-0.4, -0.2) is 23.9 Å². The summed E-state index contributed by atoms with van der Waals surface area (Å²) in [6.45, 7) is 0.0844. The molecule has 5 heteroatoms. The molecule has 0 aromatic heterocycles. The minimum atomic E-state index is -0.365. The van der Waals surface area contributed by atoms with Gasteiger partial charge in [0.1, 0.15) is 12.0 Å². The minimum absolute atomic E-state index is 0.0844. The molecule has 2 amide bonds. The number of amides is 2. The molecule has 1 aromatic rings. The van der Waals surface area contributed by atoms with Gasteiger partial charge in [0.2, 0.25) is 6.41 Å². The van der Waals surface area contributed by atoms with Gasteiger partial charge in [-0.1, -0.05) is 18.2 Å². The zero-order valence-electron chi connectivity index (χ0n) is 8.42. The maximum absolute atomic E-state index is 11.7. The van der Waals surface area contributed by atoms with Gasteiger partial charge in [-0.3, -0.25) is 14.5 Å². The van der Waals surface area contributed by atoms with Crippen LogP contribution in [0.3, 0.4) is 0 Å². The van der Waals surface area contributed by atoms with Crippen LogP contribution in [-0.2, 0) is 14.3 Å². The molecule has 0 atom stereocenters. The predicted molar refractivity (Wildman–Crippen MR) is 57.0 cm³/mol. The fourth-order valence-corrected chi connectivity index (χ4v) is 1.32. The largest absolute Gasteiger partial charge is 0.478 e. The Kier molecular flexibility index (Phi) is 2.86. The second-order valence-corrected chi connectivity index (χ2v) is 3.19. The normalized spacial score (nSPS) is 14.0. The van der Waals surface area contributed by atoms with Gasteiger partial charge in [-0.15, -0.1) is 0 Å². The highest BCUT2D eigenvalue weighted by Crippen LogP contribution is 2.13. The Hall–Kier alpha value is -2.30. The second kappa shape index (κ2) is 4.48. The quantitative estimate of drug-likeness (QED) is 0.767. The average Bonchev–Trinajstić information content (AvgIpc) is 2.78. The van der Waals surface area contributed by atoms with E-state index in [2.05, 4.69) is 5.32 Å². The van der Waals surface area contributed by atoms with Gasteiger partial charge in [0.25, 0.3) is 5.91 Å². The lowest BCUT2D eigenvalue weighted by Crippen LogP contribution is -2.27. The number of carbonyl (C=O) groups is 2. The number of nitrogens with one attached hydrogen (secondary N) is 1. The monoisotopic (exact) mass is 218 g/mol. The maximum Gasteiger partial charge on any atom is 0.275 e. The van der Waals surface area contributed by atoms with Gasteiger partial charge in [0.15, 0.2) is 6.73 Å². The van der Waals surface area contributed by atoms with Crippen molar-refractivity contribution in [2.45, 2.75) is 0 Å². The molecule has 0 spiro atoms. The summed E-state index contributed by atoms with van der Waals surface area (Å²) in [6.07, 6.45) is 1.83. The summed E-state index contributed by atoms with van der Waals surface area (Å²) in [5, 5.41) is 2.66. The van der Waals surface area contributed by atoms with Crippen LogP contribution < -0.4 is 5.32 Å². The Morgan fingerprint density at radius 3 is 2.81 bits per heavy atom. The highest BCUT2D eigenvalue weighted by Gasteiger charge is 2.22. The molecular formula is C11H10N2O3. The molecule has 5 nitrogen and oxygen atoms in total. The van der Waals surface area contributed by atoms with Crippen LogP contribution in [0, 0.1) is 0 Å². The molecule has 0 unspecified atom stereocenters. The number of para-hydroxylation sites is 1. The second-order valence-electron chi connectivity index (χ2n) is 3.19. The standard InChI is InChI=1S/C11H10N2O3/c14-7-13-8-16-6-10(13)11(15)12-9-4-2-1-3-5-9/h1-7H,8H2,(H,12,15). The third kappa shape index (κ3) is 2.03. The molecule has 1 aliphatic rings. The van der Waals surface area contributed by atoms with Gasteiger partial charge in [0.05, 0.1) is 0 Å². The van der Waals surface area contributed by atoms with Crippen molar-refractivity contribution in [3.63, 3.8) is 0 Å². The lowest BCUT2D eigenvalue weighted by molar-refractivity contribution is -0.122. The van der Waals surface area contributed by atoms with E-state index in [9.17, 15) is 9.59 Å². The molecule has 0 radical (unpaired) electrons. The lowest BCUT2D eigenvalue weighted by Gasteiger charge is -2.11. The van der Waals surface area contributed by atoms with Crippen LogP contribution >= 0.6 is 0 Å². The number of nitrogens with zero attached hydrogens (tertiary/aromatic N) is 1. The summed E-state index contributed by atoms with van der Waals surface area (Å²) in [5.41, 5.74) is 0.880. The molecule has 82 valence electrons. The molecule has 0 saturated carbocycles. The van der Waals surface area contributed by atoms with Crippen molar-refractivity contribution in [3.8, 4) is 0 Å². The summed E-state index contributed by atoms with van der Waals surface area (Å²) >= 11 is 0. The van der Waals surface area contributed by atoms with Crippen molar-refractivity contribution in [2.75, 3.05) is 12.0 Å².